The molecule has 0 nitrogen and oxygen atoms in total. The highest BCUT2D eigenvalue weighted by molar-refractivity contribution is 5.21. The molecule has 4 bridgehead atoms. The van der Waals surface area contributed by atoms with Gasteiger partial charge in [0.05, 0.1) is 0 Å². The van der Waals surface area contributed by atoms with Crippen LogP contribution in [0.2, 0.25) is 0 Å². The maximum atomic E-state index is 4.02. The summed E-state index contributed by atoms with van der Waals surface area (Å²) in [5.74, 6) is 7.04. The van der Waals surface area contributed by atoms with Gasteiger partial charge in [0.25, 0.3) is 0 Å². The minimum atomic E-state index is 0.869. The minimum absolute atomic E-state index is 0.869. The first-order valence-electron chi connectivity index (χ1n) is 8.19. The van der Waals surface area contributed by atoms with Crippen molar-refractivity contribution >= 4 is 0 Å². The smallest absolute Gasteiger partial charge is 0.0194 e. The van der Waals surface area contributed by atoms with Crippen molar-refractivity contribution in [3.63, 3.8) is 0 Å². The molecule has 18 heavy (non-hydrogen) atoms. The molecule has 0 aliphatic heterocycles. The van der Waals surface area contributed by atoms with Crippen LogP contribution in [0.5, 0.6) is 0 Å². The van der Waals surface area contributed by atoms with Crippen molar-refractivity contribution in [3.8, 4) is 0 Å². The zero-order valence-corrected chi connectivity index (χ0v) is 12.6. The molecular weight excluding hydrogens is 216 g/mol. The summed E-state index contributed by atoms with van der Waals surface area (Å²) < 4.78 is 0. The highest BCUT2D eigenvalue weighted by atomic mass is 14.6. The Kier molecular flexibility index (Phi) is 4.35. The molecule has 0 amide bonds. The third-order valence-corrected chi connectivity index (χ3v) is 5.62. The van der Waals surface area contributed by atoms with Crippen LogP contribution < -0.4 is 0 Å². The normalized spacial score (nSPS) is 49.0. The van der Waals surface area contributed by atoms with E-state index in [1.807, 2.05) is 27.7 Å². The second-order valence-electron chi connectivity index (χ2n) is 5.90. The van der Waals surface area contributed by atoms with Gasteiger partial charge < -0.3 is 0 Å². The van der Waals surface area contributed by atoms with Crippen LogP contribution >= 0.6 is 0 Å². The van der Waals surface area contributed by atoms with Crippen LogP contribution in [0.4, 0.5) is 0 Å². The molecule has 7 atom stereocenters. The van der Waals surface area contributed by atoms with Crippen molar-refractivity contribution in [2.45, 2.75) is 47.0 Å². The fourth-order valence-electron chi connectivity index (χ4n) is 5.34. The van der Waals surface area contributed by atoms with Crippen LogP contribution in [0.15, 0.2) is 24.8 Å². The molecule has 0 saturated heterocycles. The van der Waals surface area contributed by atoms with E-state index in [2.05, 4.69) is 24.8 Å². The summed E-state index contributed by atoms with van der Waals surface area (Å²) in [6.07, 6.45) is 11.8. The molecule has 0 aromatic carbocycles. The predicted molar refractivity (Wildman–Crippen MR) is 80.3 cm³/mol. The molecule has 0 spiro atoms. The van der Waals surface area contributed by atoms with E-state index in [0.29, 0.717) is 0 Å². The van der Waals surface area contributed by atoms with Crippen LogP contribution in [-0.2, 0) is 0 Å². The first kappa shape index (κ1) is 13.9. The van der Waals surface area contributed by atoms with Gasteiger partial charge in [-0.3, -0.25) is 0 Å². The predicted octanol–water partition coefficient (Wildman–Crippen LogP) is 5.32. The van der Waals surface area contributed by atoms with Gasteiger partial charge in [0, 0.05) is 0 Å². The number of hydrogen-bond acceptors (Lipinski definition) is 0. The second-order valence-corrected chi connectivity index (χ2v) is 5.90. The zero-order chi connectivity index (χ0) is 13.3. The second kappa shape index (κ2) is 5.63. The van der Waals surface area contributed by atoms with E-state index in [4.69, 9.17) is 0 Å². The zero-order valence-electron chi connectivity index (χ0n) is 12.6. The van der Waals surface area contributed by atoms with Crippen LogP contribution in [-0.4, -0.2) is 0 Å². The van der Waals surface area contributed by atoms with Crippen LogP contribution in [0.3, 0.4) is 0 Å². The van der Waals surface area contributed by atoms with Crippen LogP contribution in [0.25, 0.3) is 0 Å². The van der Waals surface area contributed by atoms with Crippen molar-refractivity contribution < 1.29 is 0 Å². The molecule has 0 N–H and O–H groups in total. The lowest BCUT2D eigenvalue weighted by Gasteiger charge is -2.35. The van der Waals surface area contributed by atoms with Gasteiger partial charge >= 0.3 is 0 Å². The lowest BCUT2D eigenvalue weighted by atomic mass is 9.69. The Balaban J connectivity index is 0.000000277. The average molecular weight is 246 g/mol. The third-order valence-electron chi connectivity index (χ3n) is 5.62. The molecular formula is C18H30. The summed E-state index contributed by atoms with van der Waals surface area (Å²) in [6, 6.07) is 0. The Morgan fingerprint density at radius 2 is 1.50 bits per heavy atom. The molecule has 4 aliphatic carbocycles. The SMILES string of the molecule is C=CC1CC2CC1C1C3C=CC(C3)C21.CC.CC. The van der Waals surface area contributed by atoms with Crippen molar-refractivity contribution in [1.29, 1.82) is 0 Å². The molecule has 0 aromatic heterocycles. The molecule has 0 radical (unpaired) electrons. The van der Waals surface area contributed by atoms with Gasteiger partial charge in [0.2, 0.25) is 0 Å². The maximum absolute atomic E-state index is 4.02. The summed E-state index contributed by atoms with van der Waals surface area (Å²) in [6.45, 7) is 12.0. The Bertz CT molecular complexity index is 314. The van der Waals surface area contributed by atoms with E-state index in [0.717, 1.165) is 41.4 Å². The number of hydrogen-bond donors (Lipinski definition) is 0. The number of rotatable bonds is 1. The summed E-state index contributed by atoms with van der Waals surface area (Å²) >= 11 is 0. The van der Waals surface area contributed by atoms with Crippen molar-refractivity contribution in [2.24, 2.45) is 41.4 Å². The minimum Gasteiger partial charge on any atom is -0.103 e. The lowest BCUT2D eigenvalue weighted by molar-refractivity contribution is 0.173. The first-order chi connectivity index (χ1) is 8.88. The summed E-state index contributed by atoms with van der Waals surface area (Å²) in [7, 11) is 0. The van der Waals surface area contributed by atoms with Gasteiger partial charge in [-0.25, -0.2) is 0 Å². The molecule has 102 valence electrons. The summed E-state index contributed by atoms with van der Waals surface area (Å²) in [5.41, 5.74) is 0. The van der Waals surface area contributed by atoms with Gasteiger partial charge in [0.15, 0.2) is 0 Å². The van der Waals surface area contributed by atoms with Crippen molar-refractivity contribution in [1.82, 2.24) is 0 Å². The topological polar surface area (TPSA) is 0 Å². The van der Waals surface area contributed by atoms with E-state index in [1.165, 1.54) is 19.3 Å². The fourth-order valence-corrected chi connectivity index (χ4v) is 5.34. The van der Waals surface area contributed by atoms with E-state index in [-0.39, 0.29) is 0 Å². The van der Waals surface area contributed by atoms with Crippen LogP contribution in [0.1, 0.15) is 47.0 Å². The monoisotopic (exact) mass is 246 g/mol. The maximum Gasteiger partial charge on any atom is -0.0194 e. The highest BCUT2D eigenvalue weighted by Gasteiger charge is 2.60. The lowest BCUT2D eigenvalue weighted by Crippen LogP contribution is -2.30. The molecule has 7 unspecified atom stereocenters. The first-order valence-corrected chi connectivity index (χ1v) is 8.19. The molecule has 0 heteroatoms. The largest absolute Gasteiger partial charge is 0.103 e. The van der Waals surface area contributed by atoms with Crippen molar-refractivity contribution in [3.05, 3.63) is 24.8 Å². The summed E-state index contributed by atoms with van der Waals surface area (Å²) in [4.78, 5) is 0. The van der Waals surface area contributed by atoms with Gasteiger partial charge in [0.1, 0.15) is 0 Å². The Morgan fingerprint density at radius 3 is 2.11 bits per heavy atom. The standard InChI is InChI=1S/C14H18.2C2H6/c1-2-8-5-11-7-12(8)14-10-4-3-9(6-10)13(11)14;2*1-2/h2-4,8-14H,1,5-7H2;2*1-2H3. The van der Waals surface area contributed by atoms with E-state index in [9.17, 15) is 0 Å². The molecule has 0 heterocycles. The molecule has 4 rings (SSSR count). The number of fused-ring (bicyclic) bond motifs is 9. The van der Waals surface area contributed by atoms with E-state index in [1.54, 1.807) is 0 Å². The van der Waals surface area contributed by atoms with E-state index < -0.39 is 0 Å². The molecule has 3 fully saturated rings. The Labute approximate surface area is 114 Å². The average Bonchev–Trinajstić information content (AvgIpc) is 3.20. The number of allylic oxidation sites excluding steroid dienone is 3. The highest BCUT2D eigenvalue weighted by Crippen LogP contribution is 2.66. The van der Waals surface area contributed by atoms with Gasteiger partial charge in [-0.2, -0.15) is 0 Å². The van der Waals surface area contributed by atoms with Gasteiger partial charge in [-0.1, -0.05) is 45.9 Å². The quantitative estimate of drug-likeness (QED) is 0.434. The van der Waals surface area contributed by atoms with Gasteiger partial charge in [-0.05, 0) is 60.7 Å². The third kappa shape index (κ3) is 1.80. The van der Waals surface area contributed by atoms with Crippen LogP contribution in [0, 0.1) is 41.4 Å². The van der Waals surface area contributed by atoms with Gasteiger partial charge in [-0.15, -0.1) is 6.58 Å². The summed E-state index contributed by atoms with van der Waals surface area (Å²) in [5, 5.41) is 0. The molecule has 0 aromatic rings. The molecule has 3 saturated carbocycles. The van der Waals surface area contributed by atoms with Crippen molar-refractivity contribution in [2.75, 3.05) is 0 Å². The van der Waals surface area contributed by atoms with E-state index >= 15 is 0 Å². The fraction of sp³-hybridized carbons (Fsp3) is 0.778. The Morgan fingerprint density at radius 1 is 0.889 bits per heavy atom. The Hall–Kier alpha value is -0.520. The molecule has 4 aliphatic rings.